The summed E-state index contributed by atoms with van der Waals surface area (Å²) >= 11 is 0. The third-order valence-electron chi connectivity index (χ3n) is 3.57. The van der Waals surface area contributed by atoms with Gasteiger partial charge in [0.1, 0.15) is 5.82 Å². The minimum atomic E-state index is -0.257. The molecule has 4 heteroatoms. The minimum absolute atomic E-state index is 0.0609. The molecule has 0 aliphatic heterocycles. The van der Waals surface area contributed by atoms with Crippen molar-refractivity contribution in [1.82, 2.24) is 5.32 Å². The Balaban J connectivity index is 2.47. The monoisotopic (exact) mass is 294 g/mol. The molecule has 21 heavy (non-hydrogen) atoms. The van der Waals surface area contributed by atoms with Crippen LogP contribution in [0, 0.1) is 11.7 Å². The summed E-state index contributed by atoms with van der Waals surface area (Å²) in [5.74, 6) is 0.0647. The second kappa shape index (κ2) is 9.50. The van der Waals surface area contributed by atoms with E-state index in [2.05, 4.69) is 19.2 Å². The largest absolute Gasteiger partial charge is 0.349 e. The Morgan fingerprint density at radius 2 is 1.76 bits per heavy atom. The molecule has 0 aliphatic carbocycles. The van der Waals surface area contributed by atoms with Gasteiger partial charge in [-0.1, -0.05) is 38.8 Å². The van der Waals surface area contributed by atoms with E-state index in [4.69, 9.17) is 5.73 Å². The summed E-state index contributed by atoms with van der Waals surface area (Å²) in [6, 6.07) is 6.28. The van der Waals surface area contributed by atoms with Gasteiger partial charge in [-0.05, 0) is 43.0 Å². The molecule has 0 bridgehead atoms. The van der Waals surface area contributed by atoms with Crippen molar-refractivity contribution in [3.8, 4) is 0 Å². The molecule has 3 nitrogen and oxygen atoms in total. The second-order valence-corrected chi connectivity index (χ2v) is 5.79. The Kier molecular flexibility index (Phi) is 7.98. The normalized spacial score (nSPS) is 12.4. The summed E-state index contributed by atoms with van der Waals surface area (Å²) in [5, 5.41) is 3.06. The third kappa shape index (κ3) is 6.71. The summed E-state index contributed by atoms with van der Waals surface area (Å²) in [6.45, 7) is 4.82. The molecule has 0 radical (unpaired) electrons. The first kappa shape index (κ1) is 17.6. The highest BCUT2D eigenvalue weighted by Crippen LogP contribution is 2.22. The van der Waals surface area contributed by atoms with Gasteiger partial charge in [0.15, 0.2) is 0 Å². The fourth-order valence-corrected chi connectivity index (χ4v) is 2.33. The van der Waals surface area contributed by atoms with Gasteiger partial charge in [0.2, 0.25) is 5.91 Å². The Morgan fingerprint density at radius 3 is 2.33 bits per heavy atom. The first-order valence-corrected chi connectivity index (χ1v) is 7.79. The van der Waals surface area contributed by atoms with Crippen molar-refractivity contribution in [3.63, 3.8) is 0 Å². The summed E-state index contributed by atoms with van der Waals surface area (Å²) in [4.78, 5) is 12.0. The van der Waals surface area contributed by atoms with Gasteiger partial charge >= 0.3 is 0 Å². The Bertz CT molecular complexity index is 417. The summed E-state index contributed by atoms with van der Waals surface area (Å²) in [5.41, 5.74) is 6.39. The molecular weight excluding hydrogens is 267 g/mol. The lowest BCUT2D eigenvalue weighted by Gasteiger charge is -2.23. The van der Waals surface area contributed by atoms with E-state index in [9.17, 15) is 9.18 Å². The number of benzene rings is 1. The number of nitrogens with one attached hydrogen (secondary N) is 1. The highest BCUT2D eigenvalue weighted by Gasteiger charge is 2.18. The van der Waals surface area contributed by atoms with Crippen molar-refractivity contribution < 1.29 is 9.18 Å². The van der Waals surface area contributed by atoms with Crippen LogP contribution in [-0.4, -0.2) is 12.5 Å². The average Bonchev–Trinajstić information content (AvgIpc) is 2.45. The van der Waals surface area contributed by atoms with E-state index >= 15 is 0 Å². The van der Waals surface area contributed by atoms with Crippen LogP contribution in [0.3, 0.4) is 0 Å². The molecule has 1 aromatic rings. The van der Waals surface area contributed by atoms with Gasteiger partial charge in [-0.15, -0.1) is 0 Å². The van der Waals surface area contributed by atoms with Gasteiger partial charge < -0.3 is 11.1 Å². The number of hydrogen-bond acceptors (Lipinski definition) is 2. The zero-order valence-electron chi connectivity index (χ0n) is 13.1. The van der Waals surface area contributed by atoms with Crippen molar-refractivity contribution in [1.29, 1.82) is 0 Å². The third-order valence-corrected chi connectivity index (χ3v) is 3.57. The van der Waals surface area contributed by atoms with Crippen LogP contribution in [0.2, 0.25) is 0 Å². The van der Waals surface area contributed by atoms with Gasteiger partial charge in [0.25, 0.3) is 0 Å². The lowest BCUT2D eigenvalue weighted by atomic mass is 9.95. The number of halogens is 1. The number of nitrogens with two attached hydrogens (primary N) is 1. The molecule has 0 saturated carbocycles. The molecule has 1 aromatic carbocycles. The molecule has 3 N–H and O–H groups in total. The first-order chi connectivity index (χ1) is 10.0. The lowest BCUT2D eigenvalue weighted by Crippen LogP contribution is -2.31. The van der Waals surface area contributed by atoms with Gasteiger partial charge in [0, 0.05) is 6.42 Å². The van der Waals surface area contributed by atoms with Crippen LogP contribution in [0.4, 0.5) is 4.39 Å². The van der Waals surface area contributed by atoms with Crippen molar-refractivity contribution in [2.75, 3.05) is 6.54 Å². The van der Waals surface area contributed by atoms with E-state index < -0.39 is 0 Å². The molecule has 0 fully saturated rings. The molecule has 0 saturated heterocycles. The molecule has 1 unspecified atom stereocenters. The molecular formula is C17H27FN2O. The van der Waals surface area contributed by atoms with E-state index in [1.807, 2.05) is 0 Å². The van der Waals surface area contributed by atoms with E-state index in [1.54, 1.807) is 12.1 Å². The van der Waals surface area contributed by atoms with E-state index in [1.165, 1.54) is 12.1 Å². The first-order valence-electron chi connectivity index (χ1n) is 7.79. The molecule has 1 rings (SSSR count). The predicted octanol–water partition coefficient (Wildman–Crippen LogP) is 3.55. The quantitative estimate of drug-likeness (QED) is 0.684. The maximum atomic E-state index is 13.0. The number of hydrogen-bond donors (Lipinski definition) is 2. The molecule has 118 valence electrons. The minimum Gasteiger partial charge on any atom is -0.349 e. The summed E-state index contributed by atoms with van der Waals surface area (Å²) in [7, 11) is 0. The van der Waals surface area contributed by atoms with Crippen LogP contribution in [-0.2, 0) is 4.79 Å². The fraction of sp³-hybridized carbons (Fsp3) is 0.588. The SMILES string of the molecule is CC(C)C(NC(=O)CCCCCCN)c1ccc(F)cc1. The van der Waals surface area contributed by atoms with Crippen molar-refractivity contribution >= 4 is 5.91 Å². The van der Waals surface area contributed by atoms with Crippen molar-refractivity contribution in [3.05, 3.63) is 35.6 Å². The highest BCUT2D eigenvalue weighted by molar-refractivity contribution is 5.76. The molecule has 0 spiro atoms. The predicted molar refractivity (Wildman–Crippen MR) is 84.3 cm³/mol. The number of amides is 1. The van der Waals surface area contributed by atoms with Crippen molar-refractivity contribution in [2.24, 2.45) is 11.7 Å². The van der Waals surface area contributed by atoms with E-state index in [0.29, 0.717) is 13.0 Å². The van der Waals surface area contributed by atoms with Crippen LogP contribution in [0.15, 0.2) is 24.3 Å². The topological polar surface area (TPSA) is 55.1 Å². The molecule has 1 atom stereocenters. The fourth-order valence-electron chi connectivity index (χ4n) is 2.33. The van der Waals surface area contributed by atoms with Crippen LogP contribution < -0.4 is 11.1 Å². The van der Waals surface area contributed by atoms with Crippen LogP contribution >= 0.6 is 0 Å². The van der Waals surface area contributed by atoms with E-state index in [0.717, 1.165) is 31.2 Å². The van der Waals surface area contributed by atoms with Gasteiger partial charge in [-0.25, -0.2) is 4.39 Å². The highest BCUT2D eigenvalue weighted by atomic mass is 19.1. The van der Waals surface area contributed by atoms with Crippen molar-refractivity contribution in [2.45, 2.75) is 52.0 Å². The smallest absolute Gasteiger partial charge is 0.220 e. The summed E-state index contributed by atoms with van der Waals surface area (Å²) in [6.07, 6.45) is 4.56. The maximum absolute atomic E-state index is 13.0. The lowest BCUT2D eigenvalue weighted by molar-refractivity contribution is -0.122. The van der Waals surface area contributed by atoms with Crippen LogP contribution in [0.25, 0.3) is 0 Å². The zero-order chi connectivity index (χ0) is 15.7. The standard InChI is InChI=1S/C17H27FN2O/c1-13(2)17(14-8-10-15(18)11-9-14)20-16(21)7-5-3-4-6-12-19/h8-11,13,17H,3-7,12,19H2,1-2H3,(H,20,21). The van der Waals surface area contributed by atoms with Crippen LogP contribution in [0.5, 0.6) is 0 Å². The maximum Gasteiger partial charge on any atom is 0.220 e. The summed E-state index contributed by atoms with van der Waals surface area (Å²) < 4.78 is 13.0. The van der Waals surface area contributed by atoms with Gasteiger partial charge in [-0.3, -0.25) is 4.79 Å². The number of carbonyl (C=O) groups excluding carboxylic acids is 1. The Morgan fingerprint density at radius 1 is 1.14 bits per heavy atom. The van der Waals surface area contributed by atoms with E-state index in [-0.39, 0.29) is 23.7 Å². The molecule has 0 aliphatic rings. The molecule has 1 amide bonds. The molecule has 0 aromatic heterocycles. The zero-order valence-corrected chi connectivity index (χ0v) is 13.1. The average molecular weight is 294 g/mol. The Hall–Kier alpha value is -1.42. The van der Waals surface area contributed by atoms with Gasteiger partial charge in [0.05, 0.1) is 6.04 Å². The van der Waals surface area contributed by atoms with Gasteiger partial charge in [-0.2, -0.15) is 0 Å². The number of unbranched alkanes of at least 4 members (excludes halogenated alkanes) is 3. The number of carbonyl (C=O) groups is 1. The molecule has 0 heterocycles. The Labute approximate surface area is 127 Å². The van der Waals surface area contributed by atoms with Crippen LogP contribution in [0.1, 0.15) is 57.6 Å². The second-order valence-electron chi connectivity index (χ2n) is 5.79. The number of rotatable bonds is 9.